The predicted octanol–water partition coefficient (Wildman–Crippen LogP) is 2.90. The second-order valence-corrected chi connectivity index (χ2v) is 4.86. The first kappa shape index (κ1) is 13.1. The second-order valence-electron chi connectivity index (χ2n) is 3.61. The van der Waals surface area contributed by atoms with E-state index in [1.807, 2.05) is 22.6 Å². The predicted molar refractivity (Wildman–Crippen MR) is 65.5 cm³/mol. The molecule has 0 atom stereocenters. The molecule has 0 amide bonds. The molecule has 2 aromatic rings. The molecule has 0 saturated heterocycles. The zero-order valence-electron chi connectivity index (χ0n) is 8.70. The van der Waals surface area contributed by atoms with Crippen molar-refractivity contribution in [3.8, 4) is 0 Å². The van der Waals surface area contributed by atoms with Crippen molar-refractivity contribution in [3.05, 3.63) is 27.6 Å². The number of hydrogen-bond acceptors (Lipinski definition) is 2. The van der Waals surface area contributed by atoms with Gasteiger partial charge < -0.3 is 9.67 Å². The number of carbonyl (C=O) groups is 1. The molecule has 0 bridgehead atoms. The summed E-state index contributed by atoms with van der Waals surface area (Å²) in [6.45, 7) is -1.19. The largest absolute Gasteiger partial charge is 0.478 e. The first-order chi connectivity index (χ1) is 8.28. The molecule has 0 saturated carbocycles. The van der Waals surface area contributed by atoms with Gasteiger partial charge in [-0.3, -0.25) is 0 Å². The molecule has 1 heterocycles. The highest BCUT2D eigenvalue weighted by Gasteiger charge is 2.29. The summed E-state index contributed by atoms with van der Waals surface area (Å²) in [5.74, 6) is -1.21. The molecule has 18 heavy (non-hydrogen) atoms. The van der Waals surface area contributed by atoms with Crippen LogP contribution in [-0.4, -0.2) is 26.8 Å². The Hall–Kier alpha value is -1.32. The first-order valence-corrected chi connectivity index (χ1v) is 5.80. The Morgan fingerprint density at radius 1 is 1.44 bits per heavy atom. The smallest absolute Gasteiger partial charge is 0.406 e. The molecule has 96 valence electrons. The van der Waals surface area contributed by atoms with Crippen LogP contribution < -0.4 is 0 Å². The SMILES string of the molecule is O=C(O)c1cc(I)cc2c1ncn2CC(F)(F)F. The van der Waals surface area contributed by atoms with Crippen molar-refractivity contribution in [1.82, 2.24) is 9.55 Å². The van der Waals surface area contributed by atoms with Gasteiger partial charge in [-0.05, 0) is 34.7 Å². The number of fused-ring (bicyclic) bond motifs is 1. The zero-order valence-corrected chi connectivity index (χ0v) is 10.9. The van der Waals surface area contributed by atoms with Crippen molar-refractivity contribution in [2.75, 3.05) is 0 Å². The number of aromatic carboxylic acids is 1. The van der Waals surface area contributed by atoms with E-state index in [1.165, 1.54) is 12.1 Å². The van der Waals surface area contributed by atoms with E-state index in [9.17, 15) is 18.0 Å². The Kier molecular flexibility index (Phi) is 3.21. The molecule has 1 aromatic carbocycles. The maximum Gasteiger partial charge on any atom is 0.406 e. The summed E-state index contributed by atoms with van der Waals surface area (Å²) < 4.78 is 38.5. The van der Waals surface area contributed by atoms with Crippen molar-refractivity contribution in [3.63, 3.8) is 0 Å². The number of rotatable bonds is 2. The number of carboxylic acids is 1. The Bertz CT molecular complexity index is 621. The van der Waals surface area contributed by atoms with Gasteiger partial charge in [0.25, 0.3) is 0 Å². The van der Waals surface area contributed by atoms with E-state index in [4.69, 9.17) is 5.11 Å². The van der Waals surface area contributed by atoms with E-state index in [2.05, 4.69) is 4.98 Å². The Labute approximate surface area is 113 Å². The van der Waals surface area contributed by atoms with Gasteiger partial charge in [0, 0.05) is 3.57 Å². The summed E-state index contributed by atoms with van der Waals surface area (Å²) in [6, 6.07) is 2.84. The second kappa shape index (κ2) is 4.41. The van der Waals surface area contributed by atoms with Gasteiger partial charge in [0.05, 0.1) is 17.4 Å². The number of imidazole rings is 1. The monoisotopic (exact) mass is 370 g/mol. The number of hydrogen-bond donors (Lipinski definition) is 1. The highest BCUT2D eigenvalue weighted by atomic mass is 127. The number of carboxylic acid groups (broad SMARTS) is 1. The maximum atomic E-state index is 12.3. The molecule has 2 rings (SSSR count). The summed E-state index contributed by atoms with van der Waals surface area (Å²) in [7, 11) is 0. The van der Waals surface area contributed by atoms with Crippen molar-refractivity contribution >= 4 is 39.6 Å². The number of benzene rings is 1. The molecule has 0 aliphatic heterocycles. The minimum Gasteiger partial charge on any atom is -0.478 e. The molecule has 1 N–H and O–H groups in total. The third kappa shape index (κ3) is 2.57. The fourth-order valence-corrected chi connectivity index (χ4v) is 2.22. The molecule has 1 aromatic heterocycles. The van der Waals surface area contributed by atoms with E-state index in [1.54, 1.807) is 0 Å². The normalized spacial score (nSPS) is 12.0. The van der Waals surface area contributed by atoms with E-state index in [0.717, 1.165) is 10.9 Å². The lowest BCUT2D eigenvalue weighted by Crippen LogP contribution is -2.17. The molecule has 0 aliphatic carbocycles. The van der Waals surface area contributed by atoms with E-state index in [0.29, 0.717) is 3.57 Å². The quantitative estimate of drug-likeness (QED) is 0.828. The van der Waals surface area contributed by atoms with Crippen LogP contribution in [0.15, 0.2) is 18.5 Å². The van der Waals surface area contributed by atoms with Crippen LogP contribution in [0.1, 0.15) is 10.4 Å². The van der Waals surface area contributed by atoms with Crippen LogP contribution in [0.4, 0.5) is 13.2 Å². The lowest BCUT2D eigenvalue weighted by atomic mass is 10.2. The molecular weight excluding hydrogens is 364 g/mol. The average Bonchev–Trinajstić information content (AvgIpc) is 2.58. The Balaban J connectivity index is 2.63. The minimum absolute atomic E-state index is 0.0622. The summed E-state index contributed by atoms with van der Waals surface area (Å²) in [4.78, 5) is 14.7. The van der Waals surface area contributed by atoms with Crippen LogP contribution in [-0.2, 0) is 6.54 Å². The Morgan fingerprint density at radius 3 is 2.67 bits per heavy atom. The van der Waals surface area contributed by atoms with Gasteiger partial charge in [-0.25, -0.2) is 9.78 Å². The van der Waals surface area contributed by atoms with Crippen LogP contribution in [0.3, 0.4) is 0 Å². The van der Waals surface area contributed by atoms with Crippen LogP contribution >= 0.6 is 22.6 Å². The fourth-order valence-electron chi connectivity index (χ4n) is 1.61. The molecular formula is C10H6F3IN2O2. The number of halogens is 4. The standard InChI is InChI=1S/C10H6F3IN2O2/c11-10(12,13)3-16-4-15-8-6(9(17)18)1-5(14)2-7(8)16/h1-2,4H,3H2,(H,17,18). The molecule has 8 heteroatoms. The average molecular weight is 370 g/mol. The van der Waals surface area contributed by atoms with Gasteiger partial charge in [0.1, 0.15) is 12.1 Å². The Morgan fingerprint density at radius 2 is 2.11 bits per heavy atom. The van der Waals surface area contributed by atoms with Gasteiger partial charge in [-0.1, -0.05) is 0 Å². The van der Waals surface area contributed by atoms with E-state index >= 15 is 0 Å². The lowest BCUT2D eigenvalue weighted by Gasteiger charge is -2.08. The van der Waals surface area contributed by atoms with Crippen molar-refractivity contribution in [2.24, 2.45) is 0 Å². The number of nitrogens with zero attached hydrogens (tertiary/aromatic N) is 2. The van der Waals surface area contributed by atoms with Gasteiger partial charge >= 0.3 is 12.1 Å². The van der Waals surface area contributed by atoms with Crippen LogP contribution in [0.25, 0.3) is 11.0 Å². The number of aromatic nitrogens is 2. The highest BCUT2D eigenvalue weighted by molar-refractivity contribution is 14.1. The first-order valence-electron chi connectivity index (χ1n) is 4.72. The number of alkyl halides is 3. The van der Waals surface area contributed by atoms with Gasteiger partial charge in [0.15, 0.2) is 0 Å². The van der Waals surface area contributed by atoms with E-state index in [-0.39, 0.29) is 16.6 Å². The zero-order chi connectivity index (χ0) is 13.5. The molecule has 0 radical (unpaired) electrons. The van der Waals surface area contributed by atoms with Gasteiger partial charge in [-0.15, -0.1) is 0 Å². The summed E-state index contributed by atoms with van der Waals surface area (Å²) in [5, 5.41) is 8.97. The molecule has 0 unspecified atom stereocenters. The highest BCUT2D eigenvalue weighted by Crippen LogP contribution is 2.25. The molecule has 0 aliphatic rings. The summed E-state index contributed by atoms with van der Waals surface area (Å²) in [5.41, 5.74) is 0.126. The minimum atomic E-state index is -4.38. The molecule has 4 nitrogen and oxygen atoms in total. The van der Waals surface area contributed by atoms with Gasteiger partial charge in [0.2, 0.25) is 0 Å². The van der Waals surface area contributed by atoms with Crippen LogP contribution in [0.5, 0.6) is 0 Å². The fraction of sp³-hybridized carbons (Fsp3) is 0.200. The maximum absolute atomic E-state index is 12.3. The lowest BCUT2D eigenvalue weighted by molar-refractivity contribution is -0.139. The van der Waals surface area contributed by atoms with Crippen molar-refractivity contribution < 1.29 is 23.1 Å². The van der Waals surface area contributed by atoms with Crippen LogP contribution in [0, 0.1) is 3.57 Å². The molecule has 0 fully saturated rings. The van der Waals surface area contributed by atoms with Crippen LogP contribution in [0.2, 0.25) is 0 Å². The van der Waals surface area contributed by atoms with Crippen molar-refractivity contribution in [2.45, 2.75) is 12.7 Å². The third-order valence-electron chi connectivity index (χ3n) is 2.27. The van der Waals surface area contributed by atoms with Gasteiger partial charge in [-0.2, -0.15) is 13.2 Å². The topological polar surface area (TPSA) is 55.1 Å². The summed E-state index contributed by atoms with van der Waals surface area (Å²) >= 11 is 1.85. The van der Waals surface area contributed by atoms with E-state index < -0.39 is 18.7 Å². The van der Waals surface area contributed by atoms with Crippen molar-refractivity contribution in [1.29, 1.82) is 0 Å². The summed E-state index contributed by atoms with van der Waals surface area (Å²) in [6.07, 6.45) is -3.38. The third-order valence-corrected chi connectivity index (χ3v) is 2.89. The molecule has 0 spiro atoms.